The van der Waals surface area contributed by atoms with Gasteiger partial charge in [-0.25, -0.2) is 4.39 Å². The lowest BCUT2D eigenvalue weighted by atomic mass is 10.1. The van der Waals surface area contributed by atoms with Crippen molar-refractivity contribution in [3.05, 3.63) is 53.1 Å². The average molecular weight is 402 g/mol. The minimum atomic E-state index is -0.477. The molecule has 0 aliphatic carbocycles. The maximum absolute atomic E-state index is 13.9. The maximum Gasteiger partial charge on any atom is 0.276 e. The number of benzene rings is 1. The molecule has 0 bridgehead atoms. The highest BCUT2D eigenvalue weighted by atomic mass is 35.5. The molecule has 2 aliphatic heterocycles. The van der Waals surface area contributed by atoms with Crippen molar-refractivity contribution in [2.75, 3.05) is 13.2 Å². The molecule has 2 aliphatic rings. The summed E-state index contributed by atoms with van der Waals surface area (Å²) in [6.07, 6.45) is 4.18. The topological polar surface area (TPSA) is 79.6 Å². The molecule has 144 valence electrons. The van der Waals surface area contributed by atoms with Crippen molar-refractivity contribution >= 4 is 29.1 Å². The third-order valence-electron chi connectivity index (χ3n) is 4.62. The molecule has 1 saturated heterocycles. The van der Waals surface area contributed by atoms with Crippen LogP contribution in [0.15, 0.2) is 41.5 Å². The van der Waals surface area contributed by atoms with Gasteiger partial charge in [0.05, 0.1) is 18.4 Å². The van der Waals surface area contributed by atoms with Crippen LogP contribution in [0.4, 0.5) is 4.39 Å². The third kappa shape index (κ3) is 3.55. The van der Waals surface area contributed by atoms with Gasteiger partial charge in [-0.05, 0) is 37.3 Å². The first kappa shape index (κ1) is 18.4. The molecule has 28 heavy (non-hydrogen) atoms. The number of aliphatic imine (C=N–C) groups is 1. The van der Waals surface area contributed by atoms with Gasteiger partial charge in [-0.1, -0.05) is 11.6 Å². The maximum atomic E-state index is 13.9. The molecular weight excluding hydrogens is 385 g/mol. The van der Waals surface area contributed by atoms with Gasteiger partial charge in [0.15, 0.2) is 5.69 Å². The van der Waals surface area contributed by atoms with Crippen molar-refractivity contribution in [1.82, 2.24) is 20.0 Å². The van der Waals surface area contributed by atoms with Crippen LogP contribution >= 0.6 is 11.6 Å². The van der Waals surface area contributed by atoms with E-state index >= 15 is 0 Å². The number of hydrogen-bond donors (Lipinski definition) is 1. The first-order valence-electron chi connectivity index (χ1n) is 8.72. The second-order valence-electron chi connectivity index (χ2n) is 6.76. The Labute approximate surface area is 165 Å². The van der Waals surface area contributed by atoms with E-state index in [4.69, 9.17) is 11.6 Å². The van der Waals surface area contributed by atoms with Crippen LogP contribution in [0.2, 0.25) is 5.02 Å². The molecule has 1 N–H and O–H groups in total. The molecule has 1 aromatic carbocycles. The van der Waals surface area contributed by atoms with Crippen molar-refractivity contribution in [1.29, 1.82) is 0 Å². The minimum Gasteiger partial charge on any atom is -0.337 e. The lowest BCUT2D eigenvalue weighted by Gasteiger charge is -2.19. The van der Waals surface area contributed by atoms with Crippen LogP contribution in [0.25, 0.3) is 11.3 Å². The Morgan fingerprint density at radius 1 is 1.32 bits per heavy atom. The molecule has 1 unspecified atom stereocenters. The predicted molar refractivity (Wildman–Crippen MR) is 103 cm³/mol. The van der Waals surface area contributed by atoms with Gasteiger partial charge in [0.2, 0.25) is 5.91 Å². The van der Waals surface area contributed by atoms with Crippen LogP contribution in [0.5, 0.6) is 0 Å². The summed E-state index contributed by atoms with van der Waals surface area (Å²) in [5.41, 5.74) is 2.18. The number of nitrogens with one attached hydrogen (secondary N) is 1. The molecule has 1 fully saturated rings. The summed E-state index contributed by atoms with van der Waals surface area (Å²) in [4.78, 5) is 29.8. The second-order valence-corrected chi connectivity index (χ2v) is 7.19. The Hall–Kier alpha value is -3.00. The Morgan fingerprint density at radius 3 is 2.82 bits per heavy atom. The summed E-state index contributed by atoms with van der Waals surface area (Å²) in [6, 6.07) is 5.62. The van der Waals surface area contributed by atoms with Crippen molar-refractivity contribution in [2.24, 2.45) is 4.99 Å². The Balaban J connectivity index is 1.77. The lowest BCUT2D eigenvalue weighted by Crippen LogP contribution is -2.30. The van der Waals surface area contributed by atoms with Crippen LogP contribution in [0.1, 0.15) is 29.9 Å². The van der Waals surface area contributed by atoms with Gasteiger partial charge in [0, 0.05) is 28.9 Å². The first-order valence-corrected chi connectivity index (χ1v) is 9.10. The Kier molecular flexibility index (Phi) is 4.72. The zero-order chi connectivity index (χ0) is 19.8. The molecular formula is C19H17ClFN5O2. The number of amides is 2. The number of aromatic nitrogens is 2. The summed E-state index contributed by atoms with van der Waals surface area (Å²) in [5.74, 6) is -1.06. The predicted octanol–water partition coefficient (Wildman–Crippen LogP) is 2.79. The quantitative estimate of drug-likeness (QED) is 0.858. The summed E-state index contributed by atoms with van der Waals surface area (Å²) in [7, 11) is 0. The first-order chi connectivity index (χ1) is 13.4. The van der Waals surface area contributed by atoms with Crippen molar-refractivity contribution < 1.29 is 14.0 Å². The highest BCUT2D eigenvalue weighted by molar-refractivity contribution is 6.30. The average Bonchev–Trinajstić information content (AvgIpc) is 3.27. The van der Waals surface area contributed by atoms with E-state index in [-0.39, 0.29) is 41.8 Å². The fourth-order valence-corrected chi connectivity index (χ4v) is 3.53. The highest BCUT2D eigenvalue weighted by Gasteiger charge is 2.28. The number of carbonyl (C=O) groups excluding carboxylic acids is 2. The van der Waals surface area contributed by atoms with E-state index in [0.29, 0.717) is 17.7 Å². The van der Waals surface area contributed by atoms with Crippen molar-refractivity contribution in [3.8, 4) is 11.3 Å². The fourth-order valence-electron chi connectivity index (χ4n) is 3.30. The van der Waals surface area contributed by atoms with E-state index in [1.54, 1.807) is 23.0 Å². The fraction of sp³-hybridized carbons (Fsp3) is 0.263. The van der Waals surface area contributed by atoms with E-state index in [9.17, 15) is 14.0 Å². The molecule has 0 spiro atoms. The van der Waals surface area contributed by atoms with Crippen molar-refractivity contribution in [2.45, 2.75) is 19.4 Å². The van der Waals surface area contributed by atoms with E-state index in [0.717, 1.165) is 5.71 Å². The number of nitrogens with zero attached hydrogens (tertiary/aromatic N) is 4. The highest BCUT2D eigenvalue weighted by Crippen LogP contribution is 2.30. The molecule has 4 rings (SSSR count). The van der Waals surface area contributed by atoms with E-state index in [2.05, 4.69) is 15.4 Å². The molecule has 1 atom stereocenters. The standard InChI is InChI=1S/C19H17ClFN5O2/c1-11-4-15(2-3-22-11)26-17(12-5-13(20)7-14(21)6-12)8-16(24-26)19(28)25-9-18(27)23-10-25/h2-3,5-8,15H,4,9-10H2,1H3,(H,23,27). The normalized spacial score (nSPS) is 19.0. The van der Waals surface area contributed by atoms with Gasteiger partial charge in [0.25, 0.3) is 5.91 Å². The zero-order valence-electron chi connectivity index (χ0n) is 15.0. The van der Waals surface area contributed by atoms with Gasteiger partial charge in [0.1, 0.15) is 12.4 Å². The molecule has 7 nitrogen and oxygen atoms in total. The number of rotatable bonds is 3. The summed E-state index contributed by atoms with van der Waals surface area (Å²) < 4.78 is 15.6. The summed E-state index contributed by atoms with van der Waals surface area (Å²) >= 11 is 6.03. The number of hydrogen-bond acceptors (Lipinski definition) is 4. The molecule has 0 saturated carbocycles. The molecule has 3 heterocycles. The third-order valence-corrected chi connectivity index (χ3v) is 4.84. The van der Waals surface area contributed by atoms with Crippen LogP contribution in [0, 0.1) is 5.82 Å². The van der Waals surface area contributed by atoms with E-state index < -0.39 is 5.82 Å². The second kappa shape index (κ2) is 7.20. The Bertz CT molecular complexity index is 1010. The number of carbonyl (C=O) groups is 2. The van der Waals surface area contributed by atoms with Gasteiger partial charge in [-0.15, -0.1) is 0 Å². The molecule has 9 heteroatoms. The molecule has 0 radical (unpaired) electrons. The lowest BCUT2D eigenvalue weighted by molar-refractivity contribution is -0.118. The number of allylic oxidation sites excluding steroid dienone is 1. The molecule has 2 aromatic rings. The van der Waals surface area contributed by atoms with E-state index in [1.807, 2.05) is 13.0 Å². The van der Waals surface area contributed by atoms with Gasteiger partial charge >= 0.3 is 0 Å². The van der Waals surface area contributed by atoms with E-state index in [1.165, 1.54) is 17.0 Å². The van der Waals surface area contributed by atoms with Crippen LogP contribution in [-0.4, -0.2) is 45.4 Å². The van der Waals surface area contributed by atoms with Gasteiger partial charge in [-0.3, -0.25) is 19.3 Å². The zero-order valence-corrected chi connectivity index (χ0v) is 15.8. The minimum absolute atomic E-state index is 0.0120. The van der Waals surface area contributed by atoms with Crippen LogP contribution in [-0.2, 0) is 4.79 Å². The van der Waals surface area contributed by atoms with Crippen LogP contribution in [0.3, 0.4) is 0 Å². The monoisotopic (exact) mass is 401 g/mol. The molecule has 1 aromatic heterocycles. The largest absolute Gasteiger partial charge is 0.337 e. The number of halogens is 2. The summed E-state index contributed by atoms with van der Waals surface area (Å²) in [6.45, 7) is 2.04. The molecule has 2 amide bonds. The SMILES string of the molecule is CC1=NC=CC(n2nc(C(=O)N3CNC(=O)C3)cc2-c2cc(F)cc(Cl)c2)C1. The van der Waals surface area contributed by atoms with Crippen LogP contribution < -0.4 is 5.32 Å². The van der Waals surface area contributed by atoms with Gasteiger partial charge < -0.3 is 10.2 Å². The van der Waals surface area contributed by atoms with Crippen molar-refractivity contribution in [3.63, 3.8) is 0 Å². The smallest absolute Gasteiger partial charge is 0.276 e. The Morgan fingerprint density at radius 2 is 2.14 bits per heavy atom. The van der Waals surface area contributed by atoms with Gasteiger partial charge in [-0.2, -0.15) is 5.10 Å². The summed E-state index contributed by atoms with van der Waals surface area (Å²) in [5, 5.41) is 7.34.